The number of hydrogen-bond donors (Lipinski definition) is 2. The summed E-state index contributed by atoms with van der Waals surface area (Å²) >= 11 is 0. The first-order chi connectivity index (χ1) is 11.8. The van der Waals surface area contributed by atoms with Crippen LogP contribution >= 0.6 is 0 Å². The first kappa shape index (κ1) is 19.9. The Morgan fingerprint density at radius 2 is 1.92 bits per heavy atom. The molecule has 0 aromatic carbocycles. The maximum Gasteiger partial charge on any atom is 0.433 e. The van der Waals surface area contributed by atoms with Crippen molar-refractivity contribution >= 4 is 0 Å². The SMILES string of the molecule is CCN(CC)C[C@H]1OC[C@H](Oc2cccc(C(F)(F)F)n2)[C@@H](O)[C@H]1O. The van der Waals surface area contributed by atoms with Gasteiger partial charge in [-0.25, -0.2) is 4.98 Å². The summed E-state index contributed by atoms with van der Waals surface area (Å²) < 4.78 is 48.9. The summed E-state index contributed by atoms with van der Waals surface area (Å²) in [5, 5.41) is 20.5. The molecule has 142 valence electrons. The Morgan fingerprint density at radius 1 is 1.24 bits per heavy atom. The molecule has 4 atom stereocenters. The zero-order valence-corrected chi connectivity index (χ0v) is 14.1. The summed E-state index contributed by atoms with van der Waals surface area (Å²) in [5.74, 6) is -0.281. The summed E-state index contributed by atoms with van der Waals surface area (Å²) in [6.07, 6.45) is -8.67. The van der Waals surface area contributed by atoms with Gasteiger partial charge in [0.25, 0.3) is 0 Å². The average Bonchev–Trinajstić information content (AvgIpc) is 2.58. The van der Waals surface area contributed by atoms with Crippen LogP contribution in [-0.2, 0) is 10.9 Å². The number of pyridine rings is 1. The maximum atomic E-state index is 12.7. The Labute approximate surface area is 144 Å². The number of aliphatic hydroxyl groups is 2. The minimum atomic E-state index is -4.59. The predicted molar refractivity (Wildman–Crippen MR) is 83.2 cm³/mol. The van der Waals surface area contributed by atoms with Crippen molar-refractivity contribution in [3.05, 3.63) is 23.9 Å². The molecule has 0 unspecified atom stereocenters. The Morgan fingerprint density at radius 3 is 2.52 bits per heavy atom. The van der Waals surface area contributed by atoms with Crippen LogP contribution < -0.4 is 4.74 Å². The van der Waals surface area contributed by atoms with Crippen LogP contribution in [0.5, 0.6) is 5.88 Å². The lowest BCUT2D eigenvalue weighted by atomic mass is 9.99. The quantitative estimate of drug-likeness (QED) is 0.793. The lowest BCUT2D eigenvalue weighted by molar-refractivity contribution is -0.185. The number of nitrogens with zero attached hydrogens (tertiary/aromatic N) is 2. The van der Waals surface area contributed by atoms with Gasteiger partial charge in [0, 0.05) is 12.6 Å². The number of rotatable bonds is 6. The van der Waals surface area contributed by atoms with Gasteiger partial charge in [0.2, 0.25) is 5.88 Å². The first-order valence-corrected chi connectivity index (χ1v) is 8.17. The molecule has 0 radical (unpaired) electrons. The third-order valence-corrected chi connectivity index (χ3v) is 4.20. The molecule has 0 aliphatic carbocycles. The lowest BCUT2D eigenvalue weighted by Gasteiger charge is -2.39. The third-order valence-electron chi connectivity index (χ3n) is 4.20. The summed E-state index contributed by atoms with van der Waals surface area (Å²) in [6, 6.07) is 3.26. The second kappa shape index (κ2) is 8.31. The Balaban J connectivity index is 2.01. The van der Waals surface area contributed by atoms with Gasteiger partial charge in [0.1, 0.15) is 17.9 Å². The van der Waals surface area contributed by atoms with Crippen LogP contribution in [0.25, 0.3) is 0 Å². The van der Waals surface area contributed by atoms with Crippen LogP contribution in [0.2, 0.25) is 0 Å². The van der Waals surface area contributed by atoms with Gasteiger partial charge >= 0.3 is 6.18 Å². The Bertz CT molecular complexity index is 554. The van der Waals surface area contributed by atoms with Crippen molar-refractivity contribution in [1.29, 1.82) is 0 Å². The van der Waals surface area contributed by atoms with E-state index in [0.29, 0.717) is 6.54 Å². The molecular weight excluding hydrogens is 341 g/mol. The van der Waals surface area contributed by atoms with E-state index in [0.717, 1.165) is 19.2 Å². The number of halogens is 3. The minimum Gasteiger partial charge on any atom is -0.469 e. The van der Waals surface area contributed by atoms with Crippen LogP contribution in [0.1, 0.15) is 19.5 Å². The molecule has 1 fully saturated rings. The highest BCUT2D eigenvalue weighted by Crippen LogP contribution is 2.29. The van der Waals surface area contributed by atoms with Crippen molar-refractivity contribution < 1.29 is 32.9 Å². The number of ether oxygens (including phenoxy) is 2. The molecule has 1 aliphatic rings. The Hall–Kier alpha value is -1.42. The maximum absolute atomic E-state index is 12.7. The van der Waals surface area contributed by atoms with Gasteiger partial charge in [-0.1, -0.05) is 19.9 Å². The fraction of sp³-hybridized carbons (Fsp3) is 0.688. The van der Waals surface area contributed by atoms with E-state index in [-0.39, 0.29) is 12.5 Å². The summed E-state index contributed by atoms with van der Waals surface area (Å²) in [6.45, 7) is 5.88. The molecule has 2 N–H and O–H groups in total. The first-order valence-electron chi connectivity index (χ1n) is 8.17. The predicted octanol–water partition coefficient (Wildman–Crippen LogP) is 1.31. The molecule has 0 spiro atoms. The fourth-order valence-corrected chi connectivity index (χ4v) is 2.65. The molecule has 0 amide bonds. The van der Waals surface area contributed by atoms with Gasteiger partial charge in [0.15, 0.2) is 6.10 Å². The van der Waals surface area contributed by atoms with Gasteiger partial charge in [-0.2, -0.15) is 13.2 Å². The second-order valence-corrected chi connectivity index (χ2v) is 5.85. The highest BCUT2D eigenvalue weighted by molar-refractivity contribution is 5.18. The monoisotopic (exact) mass is 364 g/mol. The van der Waals surface area contributed by atoms with Crippen LogP contribution in [0.4, 0.5) is 13.2 Å². The molecular formula is C16H23F3N2O4. The van der Waals surface area contributed by atoms with Crippen LogP contribution in [0, 0.1) is 0 Å². The Kier molecular flexibility index (Phi) is 6.61. The number of hydrogen-bond acceptors (Lipinski definition) is 6. The molecule has 1 saturated heterocycles. The molecule has 2 rings (SSSR count). The number of alkyl halides is 3. The normalized spacial score (nSPS) is 27.5. The number of likely N-dealkylation sites (N-methyl/N-ethyl adjacent to an activating group) is 1. The van der Waals surface area contributed by atoms with E-state index in [2.05, 4.69) is 4.98 Å². The molecule has 1 aliphatic heterocycles. The van der Waals surface area contributed by atoms with Crippen molar-refractivity contribution in [2.45, 2.75) is 44.4 Å². The molecule has 25 heavy (non-hydrogen) atoms. The van der Waals surface area contributed by atoms with E-state index in [9.17, 15) is 23.4 Å². The largest absolute Gasteiger partial charge is 0.469 e. The average molecular weight is 364 g/mol. The molecule has 6 nitrogen and oxygen atoms in total. The zero-order valence-electron chi connectivity index (χ0n) is 14.1. The van der Waals surface area contributed by atoms with Crippen LogP contribution in [0.15, 0.2) is 18.2 Å². The van der Waals surface area contributed by atoms with Crippen molar-refractivity contribution in [3.8, 4) is 5.88 Å². The van der Waals surface area contributed by atoms with Gasteiger partial charge in [0.05, 0.1) is 12.7 Å². The molecule has 9 heteroatoms. The van der Waals surface area contributed by atoms with E-state index >= 15 is 0 Å². The van der Waals surface area contributed by atoms with E-state index in [1.165, 1.54) is 12.1 Å². The third kappa shape index (κ3) is 5.04. The van der Waals surface area contributed by atoms with Gasteiger partial charge in [-0.3, -0.25) is 0 Å². The van der Waals surface area contributed by atoms with Gasteiger partial charge in [-0.05, 0) is 19.2 Å². The van der Waals surface area contributed by atoms with E-state index in [1.54, 1.807) is 0 Å². The van der Waals surface area contributed by atoms with E-state index < -0.39 is 36.3 Å². The summed E-state index contributed by atoms with van der Waals surface area (Å²) in [5.41, 5.74) is -1.09. The summed E-state index contributed by atoms with van der Waals surface area (Å²) in [7, 11) is 0. The van der Waals surface area contributed by atoms with Crippen molar-refractivity contribution in [1.82, 2.24) is 9.88 Å². The van der Waals surface area contributed by atoms with Crippen molar-refractivity contribution in [2.24, 2.45) is 0 Å². The standard InChI is InChI=1S/C16H23F3N2O4/c1-3-21(4-2)8-10-14(22)15(23)11(9-24-10)25-13-7-5-6-12(20-13)16(17,18)19/h5-7,10-11,14-15,22-23H,3-4,8-9H2,1-2H3/t10-,11+,14+,15-/m1/s1. The number of aliphatic hydroxyl groups excluding tert-OH is 2. The smallest absolute Gasteiger partial charge is 0.433 e. The van der Waals surface area contributed by atoms with E-state index in [4.69, 9.17) is 9.47 Å². The highest BCUT2D eigenvalue weighted by Gasteiger charge is 2.40. The van der Waals surface area contributed by atoms with Crippen molar-refractivity contribution in [2.75, 3.05) is 26.2 Å². The zero-order chi connectivity index (χ0) is 18.6. The van der Waals surface area contributed by atoms with E-state index in [1.807, 2.05) is 18.7 Å². The fourth-order valence-electron chi connectivity index (χ4n) is 2.65. The minimum absolute atomic E-state index is 0.0535. The van der Waals surface area contributed by atoms with Gasteiger partial charge in [-0.15, -0.1) is 0 Å². The molecule has 2 heterocycles. The summed E-state index contributed by atoms with van der Waals surface area (Å²) in [4.78, 5) is 5.43. The lowest BCUT2D eigenvalue weighted by Crippen LogP contribution is -2.57. The highest BCUT2D eigenvalue weighted by atomic mass is 19.4. The van der Waals surface area contributed by atoms with Gasteiger partial charge < -0.3 is 24.6 Å². The molecule has 0 bridgehead atoms. The molecule has 1 aromatic rings. The number of aromatic nitrogens is 1. The second-order valence-electron chi connectivity index (χ2n) is 5.85. The van der Waals surface area contributed by atoms with Crippen LogP contribution in [0.3, 0.4) is 0 Å². The molecule has 1 aromatic heterocycles. The molecule has 0 saturated carbocycles. The van der Waals surface area contributed by atoms with Crippen LogP contribution in [-0.4, -0.2) is 70.8 Å². The topological polar surface area (TPSA) is 75.1 Å². The van der Waals surface area contributed by atoms with Crippen molar-refractivity contribution in [3.63, 3.8) is 0 Å².